The highest BCUT2D eigenvalue weighted by atomic mass is 16.5. The molecule has 2 aromatic carbocycles. The van der Waals surface area contributed by atoms with Gasteiger partial charge in [-0.05, 0) is 23.6 Å². The zero-order chi connectivity index (χ0) is 20.5. The van der Waals surface area contributed by atoms with Crippen molar-refractivity contribution in [2.24, 2.45) is 5.92 Å². The fourth-order valence-corrected chi connectivity index (χ4v) is 2.56. The van der Waals surface area contributed by atoms with Crippen molar-refractivity contribution in [3.05, 3.63) is 60.2 Å². The SMILES string of the molecule is CC(C)CC(=O)NC(C(=O)Nc1cccc(OCC(=O)O)c1)c1ccccc1. The summed E-state index contributed by atoms with van der Waals surface area (Å²) in [4.78, 5) is 35.7. The first-order valence-corrected chi connectivity index (χ1v) is 8.95. The maximum absolute atomic E-state index is 12.9. The molecule has 0 spiro atoms. The van der Waals surface area contributed by atoms with Gasteiger partial charge in [0, 0.05) is 18.2 Å². The molecule has 1 unspecified atom stereocenters. The van der Waals surface area contributed by atoms with Crippen LogP contribution in [0.3, 0.4) is 0 Å². The normalized spacial score (nSPS) is 11.5. The standard InChI is InChI=1S/C21H24N2O5/c1-14(2)11-18(24)23-20(15-7-4-3-5-8-15)21(27)22-16-9-6-10-17(12-16)28-13-19(25)26/h3-10,12,14,20H,11,13H2,1-2H3,(H,22,27)(H,23,24)(H,25,26). The Morgan fingerprint density at radius 1 is 1.04 bits per heavy atom. The number of carboxylic acids is 1. The molecule has 0 heterocycles. The summed E-state index contributed by atoms with van der Waals surface area (Å²) in [6.45, 7) is 3.38. The lowest BCUT2D eigenvalue weighted by Crippen LogP contribution is -2.37. The molecule has 0 saturated heterocycles. The van der Waals surface area contributed by atoms with Crippen LogP contribution in [0.1, 0.15) is 31.9 Å². The highest BCUT2D eigenvalue weighted by Gasteiger charge is 2.23. The van der Waals surface area contributed by atoms with Crippen LogP contribution in [0.25, 0.3) is 0 Å². The smallest absolute Gasteiger partial charge is 0.341 e. The quantitative estimate of drug-likeness (QED) is 0.616. The van der Waals surface area contributed by atoms with Crippen LogP contribution in [0, 0.1) is 5.92 Å². The van der Waals surface area contributed by atoms with Crippen molar-refractivity contribution in [2.75, 3.05) is 11.9 Å². The molecule has 0 aliphatic heterocycles. The molecule has 0 bridgehead atoms. The van der Waals surface area contributed by atoms with E-state index >= 15 is 0 Å². The molecule has 0 aliphatic rings. The van der Waals surface area contributed by atoms with E-state index in [2.05, 4.69) is 10.6 Å². The van der Waals surface area contributed by atoms with E-state index in [1.165, 1.54) is 6.07 Å². The van der Waals surface area contributed by atoms with E-state index in [1.807, 2.05) is 19.9 Å². The second-order valence-corrected chi connectivity index (χ2v) is 6.71. The first-order chi connectivity index (χ1) is 13.3. The molecule has 2 rings (SSSR count). The summed E-state index contributed by atoms with van der Waals surface area (Å²) in [7, 11) is 0. The van der Waals surface area contributed by atoms with Gasteiger partial charge in [-0.2, -0.15) is 0 Å². The molecule has 2 aromatic rings. The third kappa shape index (κ3) is 6.75. The Morgan fingerprint density at radius 2 is 1.75 bits per heavy atom. The van der Waals surface area contributed by atoms with Gasteiger partial charge in [0.1, 0.15) is 11.8 Å². The summed E-state index contributed by atoms with van der Waals surface area (Å²) in [6.07, 6.45) is 0.315. The summed E-state index contributed by atoms with van der Waals surface area (Å²) in [6, 6.07) is 14.5. The number of nitrogens with one attached hydrogen (secondary N) is 2. The molecule has 7 nitrogen and oxygen atoms in total. The molecule has 0 fully saturated rings. The van der Waals surface area contributed by atoms with E-state index in [-0.39, 0.29) is 11.8 Å². The zero-order valence-corrected chi connectivity index (χ0v) is 15.8. The largest absolute Gasteiger partial charge is 0.482 e. The van der Waals surface area contributed by atoms with Gasteiger partial charge in [-0.15, -0.1) is 0 Å². The Morgan fingerprint density at radius 3 is 2.39 bits per heavy atom. The van der Waals surface area contributed by atoms with Gasteiger partial charge in [-0.3, -0.25) is 9.59 Å². The Balaban J connectivity index is 2.15. The number of carboxylic acid groups (broad SMARTS) is 1. The van der Waals surface area contributed by atoms with E-state index in [0.29, 0.717) is 23.4 Å². The van der Waals surface area contributed by atoms with Gasteiger partial charge in [-0.25, -0.2) is 4.79 Å². The first kappa shape index (κ1) is 21.0. The highest BCUT2D eigenvalue weighted by molar-refractivity contribution is 5.98. The number of carbonyl (C=O) groups is 3. The summed E-state index contributed by atoms with van der Waals surface area (Å²) in [5.41, 5.74) is 1.10. The Labute approximate surface area is 163 Å². The topological polar surface area (TPSA) is 105 Å². The molecule has 0 saturated carbocycles. The highest BCUT2D eigenvalue weighted by Crippen LogP contribution is 2.20. The third-order valence-electron chi connectivity index (χ3n) is 3.76. The number of amides is 2. The summed E-state index contributed by atoms with van der Waals surface area (Å²) >= 11 is 0. The Kier molecular flexibility index (Phi) is 7.56. The lowest BCUT2D eigenvalue weighted by molar-refractivity contribution is -0.139. The third-order valence-corrected chi connectivity index (χ3v) is 3.76. The average molecular weight is 384 g/mol. The van der Waals surface area contributed by atoms with Crippen LogP contribution in [-0.2, 0) is 14.4 Å². The molecule has 2 amide bonds. The van der Waals surface area contributed by atoms with E-state index in [4.69, 9.17) is 9.84 Å². The average Bonchev–Trinajstić information content (AvgIpc) is 2.65. The predicted molar refractivity (Wildman–Crippen MR) is 105 cm³/mol. The van der Waals surface area contributed by atoms with Gasteiger partial charge in [0.15, 0.2) is 6.61 Å². The van der Waals surface area contributed by atoms with Gasteiger partial charge in [0.2, 0.25) is 5.91 Å². The number of aliphatic carboxylic acids is 1. The molecule has 3 N–H and O–H groups in total. The predicted octanol–water partition coefficient (Wildman–Crippen LogP) is 2.99. The number of hydrogen-bond acceptors (Lipinski definition) is 4. The van der Waals surface area contributed by atoms with Crippen LogP contribution >= 0.6 is 0 Å². The van der Waals surface area contributed by atoms with E-state index in [1.54, 1.807) is 42.5 Å². The first-order valence-electron chi connectivity index (χ1n) is 8.95. The second kappa shape index (κ2) is 10.1. The number of anilines is 1. The van der Waals surface area contributed by atoms with Crippen molar-refractivity contribution >= 4 is 23.5 Å². The number of benzene rings is 2. The summed E-state index contributed by atoms with van der Waals surface area (Å²) in [5.74, 6) is -1.22. The Bertz CT molecular complexity index is 821. The van der Waals surface area contributed by atoms with Crippen LogP contribution in [0.15, 0.2) is 54.6 Å². The van der Waals surface area contributed by atoms with Gasteiger partial charge < -0.3 is 20.5 Å². The molecule has 7 heteroatoms. The van der Waals surface area contributed by atoms with Gasteiger partial charge in [-0.1, -0.05) is 50.2 Å². The van der Waals surface area contributed by atoms with Gasteiger partial charge in [0.25, 0.3) is 5.91 Å². The van der Waals surface area contributed by atoms with E-state index < -0.39 is 24.5 Å². The molecule has 0 aliphatic carbocycles. The maximum atomic E-state index is 12.9. The summed E-state index contributed by atoms with van der Waals surface area (Å²) in [5, 5.41) is 14.2. The number of rotatable bonds is 9. The van der Waals surface area contributed by atoms with Crippen molar-refractivity contribution < 1.29 is 24.2 Å². The lowest BCUT2D eigenvalue weighted by Gasteiger charge is -2.20. The molecule has 0 aromatic heterocycles. The van der Waals surface area contributed by atoms with Crippen LogP contribution in [0.4, 0.5) is 5.69 Å². The second-order valence-electron chi connectivity index (χ2n) is 6.71. The molecule has 1 atom stereocenters. The number of hydrogen-bond donors (Lipinski definition) is 3. The minimum atomic E-state index is -1.09. The van der Waals surface area contributed by atoms with Crippen LogP contribution in [0.2, 0.25) is 0 Å². The molecular weight excluding hydrogens is 360 g/mol. The number of ether oxygens (including phenoxy) is 1. The maximum Gasteiger partial charge on any atom is 0.341 e. The van der Waals surface area contributed by atoms with Gasteiger partial charge in [0.05, 0.1) is 0 Å². The molecule has 0 radical (unpaired) electrons. The minimum absolute atomic E-state index is 0.169. The van der Waals surface area contributed by atoms with Crippen LogP contribution < -0.4 is 15.4 Å². The molecule has 28 heavy (non-hydrogen) atoms. The van der Waals surface area contributed by atoms with Crippen molar-refractivity contribution in [1.82, 2.24) is 5.32 Å². The Hall–Kier alpha value is -3.35. The molecule has 148 valence electrons. The van der Waals surface area contributed by atoms with E-state index in [0.717, 1.165) is 0 Å². The monoisotopic (exact) mass is 384 g/mol. The molecular formula is C21H24N2O5. The van der Waals surface area contributed by atoms with Gasteiger partial charge >= 0.3 is 5.97 Å². The lowest BCUT2D eigenvalue weighted by atomic mass is 10.0. The fraction of sp³-hybridized carbons (Fsp3) is 0.286. The minimum Gasteiger partial charge on any atom is -0.482 e. The number of carbonyl (C=O) groups excluding carboxylic acids is 2. The van der Waals surface area contributed by atoms with E-state index in [9.17, 15) is 14.4 Å². The van der Waals surface area contributed by atoms with Crippen molar-refractivity contribution in [3.63, 3.8) is 0 Å². The van der Waals surface area contributed by atoms with Crippen molar-refractivity contribution in [1.29, 1.82) is 0 Å². The zero-order valence-electron chi connectivity index (χ0n) is 15.8. The summed E-state index contributed by atoms with van der Waals surface area (Å²) < 4.78 is 5.12. The van der Waals surface area contributed by atoms with Crippen LogP contribution in [-0.4, -0.2) is 29.5 Å². The van der Waals surface area contributed by atoms with Crippen LogP contribution in [0.5, 0.6) is 5.75 Å². The van der Waals surface area contributed by atoms with Crippen molar-refractivity contribution in [2.45, 2.75) is 26.3 Å². The van der Waals surface area contributed by atoms with Crippen molar-refractivity contribution in [3.8, 4) is 5.75 Å². The fourth-order valence-electron chi connectivity index (χ4n) is 2.56.